The van der Waals surface area contributed by atoms with Crippen molar-refractivity contribution in [1.82, 2.24) is 25.5 Å². The van der Waals surface area contributed by atoms with Crippen LogP contribution in [0.25, 0.3) is 6.08 Å². The summed E-state index contributed by atoms with van der Waals surface area (Å²) in [6.07, 6.45) is 12.4. The topological polar surface area (TPSA) is 146 Å². The van der Waals surface area contributed by atoms with Gasteiger partial charge >= 0.3 is 6.03 Å². The van der Waals surface area contributed by atoms with Gasteiger partial charge in [0.1, 0.15) is 11.5 Å². The van der Waals surface area contributed by atoms with E-state index in [4.69, 9.17) is 4.74 Å². The maximum absolute atomic E-state index is 13.2. The lowest BCUT2D eigenvalue weighted by Crippen LogP contribution is -2.57. The molecule has 1 aromatic rings. The summed E-state index contributed by atoms with van der Waals surface area (Å²) in [7, 11) is 1.52. The van der Waals surface area contributed by atoms with Crippen molar-refractivity contribution in [3.8, 4) is 0 Å². The number of methoxy groups -OCH3 is 1. The SMILES string of the molecule is COC1=CC2=C(CC=C1)CN(C[C@@]1(/C(O)=C/c3cnc(NC4CC4)nc3)NC(=O)NC1=O)C2=O. The quantitative estimate of drug-likeness (QED) is 0.347. The Morgan fingerprint density at radius 2 is 2.09 bits per heavy atom. The Hall–Kier alpha value is -4.15. The summed E-state index contributed by atoms with van der Waals surface area (Å²) in [6.45, 7) is 0.00954. The molecule has 2 aliphatic heterocycles. The van der Waals surface area contributed by atoms with Gasteiger partial charge in [-0.15, -0.1) is 0 Å². The predicted molar refractivity (Wildman–Crippen MR) is 121 cm³/mol. The zero-order chi connectivity index (χ0) is 23.9. The van der Waals surface area contributed by atoms with Crippen LogP contribution in [0.3, 0.4) is 0 Å². The molecule has 4 amide bonds. The van der Waals surface area contributed by atoms with E-state index in [0.717, 1.165) is 18.4 Å². The Balaban J connectivity index is 1.40. The summed E-state index contributed by atoms with van der Waals surface area (Å²) in [4.78, 5) is 47.9. The van der Waals surface area contributed by atoms with Crippen molar-refractivity contribution in [1.29, 1.82) is 0 Å². The van der Waals surface area contributed by atoms with Gasteiger partial charge in [-0.25, -0.2) is 14.8 Å². The molecular formula is C23H24N6O5. The Morgan fingerprint density at radius 1 is 1.32 bits per heavy atom. The molecule has 0 aromatic carbocycles. The van der Waals surface area contributed by atoms with Crippen LogP contribution in [-0.2, 0) is 14.3 Å². The number of ether oxygens (including phenoxy) is 1. The average molecular weight is 464 g/mol. The van der Waals surface area contributed by atoms with E-state index >= 15 is 0 Å². The summed E-state index contributed by atoms with van der Waals surface area (Å²) >= 11 is 0. The molecule has 0 spiro atoms. The molecule has 1 atom stereocenters. The van der Waals surface area contributed by atoms with Gasteiger partial charge in [-0.1, -0.05) is 6.08 Å². The number of urea groups is 1. The summed E-state index contributed by atoms with van der Waals surface area (Å²) in [5, 5.41) is 18.9. The molecule has 1 saturated carbocycles. The monoisotopic (exact) mass is 464 g/mol. The van der Waals surface area contributed by atoms with Crippen LogP contribution in [0, 0.1) is 0 Å². The lowest BCUT2D eigenvalue weighted by atomic mass is 9.94. The zero-order valence-corrected chi connectivity index (χ0v) is 18.5. The van der Waals surface area contributed by atoms with Gasteiger partial charge in [0, 0.05) is 36.1 Å². The second-order valence-corrected chi connectivity index (χ2v) is 8.64. The molecule has 34 heavy (non-hydrogen) atoms. The van der Waals surface area contributed by atoms with Crippen molar-refractivity contribution in [3.05, 3.63) is 58.8 Å². The van der Waals surface area contributed by atoms with Gasteiger partial charge in [0.2, 0.25) is 5.95 Å². The predicted octanol–water partition coefficient (Wildman–Crippen LogP) is 1.16. The van der Waals surface area contributed by atoms with E-state index in [1.807, 2.05) is 6.08 Å². The van der Waals surface area contributed by atoms with Crippen molar-refractivity contribution in [2.45, 2.75) is 30.8 Å². The zero-order valence-electron chi connectivity index (χ0n) is 18.5. The molecule has 0 radical (unpaired) electrons. The fourth-order valence-corrected chi connectivity index (χ4v) is 4.14. The number of nitrogens with zero attached hydrogens (tertiary/aromatic N) is 3. The second kappa shape index (κ2) is 8.32. The number of aromatic nitrogens is 2. The standard InChI is InChI=1S/C23H24N6O5/c1-34-16-4-2-3-14-11-29(19(31)17(14)8-16)12-23(20(32)27-22(33)28-23)18(30)7-13-9-24-21(25-10-13)26-15-5-6-15/h2,4,7-10,15,30H,3,5-6,11-12H2,1H3,(H,24,25,26)(H2,27,28,32,33)/b18-7-/t23-/m0/s1. The molecule has 11 nitrogen and oxygen atoms in total. The number of rotatable bonds is 7. The molecule has 2 fully saturated rings. The minimum atomic E-state index is -1.84. The van der Waals surface area contributed by atoms with Crippen molar-refractivity contribution in [2.24, 2.45) is 0 Å². The molecule has 4 aliphatic rings. The highest BCUT2D eigenvalue weighted by Gasteiger charge is 2.52. The number of allylic oxidation sites excluding steroid dienone is 2. The number of imide groups is 1. The van der Waals surface area contributed by atoms with Gasteiger partial charge < -0.3 is 25.4 Å². The molecule has 3 heterocycles. The van der Waals surface area contributed by atoms with E-state index in [1.54, 1.807) is 12.2 Å². The minimum absolute atomic E-state index is 0.249. The first-order valence-corrected chi connectivity index (χ1v) is 10.9. The fraction of sp³-hybridized carbons (Fsp3) is 0.348. The Morgan fingerprint density at radius 3 is 2.74 bits per heavy atom. The van der Waals surface area contributed by atoms with Crippen LogP contribution in [-0.4, -0.2) is 69.6 Å². The van der Waals surface area contributed by atoms with Crippen LogP contribution in [0.2, 0.25) is 0 Å². The van der Waals surface area contributed by atoms with E-state index in [9.17, 15) is 19.5 Å². The average Bonchev–Trinajstić information content (AvgIpc) is 3.56. The van der Waals surface area contributed by atoms with E-state index in [1.165, 1.54) is 30.5 Å². The molecule has 1 saturated heterocycles. The van der Waals surface area contributed by atoms with E-state index < -0.39 is 23.2 Å². The van der Waals surface area contributed by atoms with Gasteiger partial charge in [0.15, 0.2) is 5.54 Å². The lowest BCUT2D eigenvalue weighted by Gasteiger charge is -2.30. The number of aliphatic hydroxyl groups is 1. The van der Waals surface area contributed by atoms with Crippen LogP contribution in [0.4, 0.5) is 10.7 Å². The van der Waals surface area contributed by atoms with Gasteiger partial charge in [-0.3, -0.25) is 14.9 Å². The van der Waals surface area contributed by atoms with Gasteiger partial charge in [-0.05, 0) is 43.1 Å². The second-order valence-electron chi connectivity index (χ2n) is 8.64. The first-order chi connectivity index (χ1) is 16.4. The van der Waals surface area contributed by atoms with Crippen molar-refractivity contribution in [2.75, 3.05) is 25.5 Å². The molecule has 4 N–H and O–H groups in total. The normalized spacial score (nSPS) is 24.5. The fourth-order valence-electron chi connectivity index (χ4n) is 4.14. The Kier molecular flexibility index (Phi) is 5.31. The maximum atomic E-state index is 13.2. The highest BCUT2D eigenvalue weighted by atomic mass is 16.5. The van der Waals surface area contributed by atoms with E-state index in [2.05, 4.69) is 25.9 Å². The number of hydrogen-bond donors (Lipinski definition) is 4. The van der Waals surface area contributed by atoms with Crippen molar-refractivity contribution >= 4 is 29.9 Å². The lowest BCUT2D eigenvalue weighted by molar-refractivity contribution is -0.129. The Bertz CT molecular complexity index is 1180. The molecule has 2 aliphatic carbocycles. The van der Waals surface area contributed by atoms with Gasteiger partial charge in [-0.2, -0.15) is 0 Å². The van der Waals surface area contributed by atoms with Crippen LogP contribution in [0.1, 0.15) is 24.8 Å². The third-order valence-corrected chi connectivity index (χ3v) is 6.14. The number of hydrogen-bond acceptors (Lipinski definition) is 8. The minimum Gasteiger partial charge on any atom is -0.509 e. The molecule has 0 bridgehead atoms. The molecule has 176 valence electrons. The van der Waals surface area contributed by atoms with Crippen molar-refractivity contribution < 1.29 is 24.2 Å². The molecule has 1 aromatic heterocycles. The molecule has 5 rings (SSSR count). The van der Waals surface area contributed by atoms with Crippen LogP contribution in [0.5, 0.6) is 0 Å². The summed E-state index contributed by atoms with van der Waals surface area (Å²) < 4.78 is 5.27. The largest absolute Gasteiger partial charge is 0.509 e. The third kappa shape index (κ3) is 4.00. The smallest absolute Gasteiger partial charge is 0.322 e. The summed E-state index contributed by atoms with van der Waals surface area (Å²) in [5.41, 5.74) is -0.0563. The Labute approximate surface area is 195 Å². The molecule has 11 heteroatoms. The van der Waals surface area contributed by atoms with Crippen LogP contribution >= 0.6 is 0 Å². The number of anilines is 1. The third-order valence-electron chi connectivity index (χ3n) is 6.14. The van der Waals surface area contributed by atoms with Crippen LogP contribution in [0.15, 0.2) is 53.3 Å². The molecular weight excluding hydrogens is 440 g/mol. The number of nitrogens with one attached hydrogen (secondary N) is 3. The summed E-state index contributed by atoms with van der Waals surface area (Å²) in [6, 6.07) is -0.363. The van der Waals surface area contributed by atoms with Gasteiger partial charge in [0.25, 0.3) is 11.8 Å². The van der Waals surface area contributed by atoms with Crippen LogP contribution < -0.4 is 16.0 Å². The number of carbonyl (C=O) groups is 3. The molecule has 0 unspecified atom stereocenters. The first-order valence-electron chi connectivity index (χ1n) is 10.9. The number of carbonyl (C=O) groups excluding carboxylic acids is 3. The number of aliphatic hydroxyl groups excluding tert-OH is 1. The first kappa shape index (κ1) is 21.7. The van der Waals surface area contributed by atoms with E-state index in [-0.39, 0.29) is 19.0 Å². The highest BCUT2D eigenvalue weighted by Crippen LogP contribution is 2.31. The van der Waals surface area contributed by atoms with E-state index in [0.29, 0.717) is 35.3 Å². The maximum Gasteiger partial charge on any atom is 0.322 e. The number of amides is 4. The van der Waals surface area contributed by atoms with Crippen molar-refractivity contribution in [3.63, 3.8) is 0 Å². The van der Waals surface area contributed by atoms with Gasteiger partial charge in [0.05, 0.1) is 13.7 Å². The summed E-state index contributed by atoms with van der Waals surface area (Å²) in [5.74, 6) is -0.460. The highest BCUT2D eigenvalue weighted by molar-refractivity contribution is 6.10.